The van der Waals surface area contributed by atoms with Gasteiger partial charge in [0.25, 0.3) is 15.7 Å². The second kappa shape index (κ2) is 11.8. The molecule has 3 aromatic carbocycles. The van der Waals surface area contributed by atoms with Gasteiger partial charge >= 0.3 is 5.51 Å². The van der Waals surface area contributed by atoms with Gasteiger partial charge in [-0.3, -0.25) is 9.59 Å². The molecule has 2 N–H and O–H groups in total. The van der Waals surface area contributed by atoms with E-state index in [-0.39, 0.29) is 34.4 Å². The normalized spacial score (nSPS) is 20.9. The lowest BCUT2D eigenvalue weighted by atomic mass is 9.83. The molecule has 0 aromatic heterocycles. The van der Waals surface area contributed by atoms with Gasteiger partial charge < -0.3 is 20.1 Å². The van der Waals surface area contributed by atoms with Crippen molar-refractivity contribution in [3.05, 3.63) is 71.8 Å². The van der Waals surface area contributed by atoms with Crippen molar-refractivity contribution in [1.29, 1.82) is 5.26 Å². The summed E-state index contributed by atoms with van der Waals surface area (Å²) in [5, 5.41) is 15.3. The first kappa shape index (κ1) is 30.9. The quantitative estimate of drug-likeness (QED) is 0.345. The number of halogens is 3. The summed E-state index contributed by atoms with van der Waals surface area (Å²) in [5.41, 5.74) is -3.98. The van der Waals surface area contributed by atoms with Crippen LogP contribution in [0, 0.1) is 29.1 Å². The molecular formula is C31H28F3N3O6S. The van der Waals surface area contributed by atoms with Crippen LogP contribution in [-0.4, -0.2) is 46.0 Å². The number of methoxy groups -OCH3 is 2. The van der Waals surface area contributed by atoms with E-state index in [4.69, 9.17) is 9.47 Å². The Morgan fingerprint density at radius 2 is 1.68 bits per heavy atom. The summed E-state index contributed by atoms with van der Waals surface area (Å²) in [4.78, 5) is 26.2. The SMILES string of the molecule is COc1ccc(-c2cc(C(=O)N[C@@H]3[C@H]4CC[C@H](C4)[C@@H]3C(=O)Nc3cccc(S(=O)(=O)C(F)(F)F)c3)c(OC)cc2C#N)cc1. The fourth-order valence-electron chi connectivity index (χ4n) is 6.23. The summed E-state index contributed by atoms with van der Waals surface area (Å²) in [6.07, 6.45) is 2.19. The van der Waals surface area contributed by atoms with Gasteiger partial charge in [-0.05, 0) is 79.1 Å². The number of alkyl halides is 3. The van der Waals surface area contributed by atoms with Crippen LogP contribution in [0.5, 0.6) is 11.5 Å². The molecule has 2 amide bonds. The van der Waals surface area contributed by atoms with E-state index in [1.807, 2.05) is 0 Å². The Hall–Kier alpha value is -4.57. The number of benzene rings is 3. The Labute approximate surface area is 251 Å². The minimum atomic E-state index is -5.60. The van der Waals surface area contributed by atoms with Crippen LogP contribution in [-0.2, 0) is 14.6 Å². The third-order valence-electron chi connectivity index (χ3n) is 8.34. The van der Waals surface area contributed by atoms with E-state index in [0.29, 0.717) is 23.3 Å². The lowest BCUT2D eigenvalue weighted by Gasteiger charge is -2.31. The number of nitriles is 1. The summed E-state index contributed by atoms with van der Waals surface area (Å²) >= 11 is 0. The number of nitrogens with zero attached hydrogens (tertiary/aromatic N) is 1. The summed E-state index contributed by atoms with van der Waals surface area (Å²) in [6.45, 7) is 0. The number of amides is 2. The number of anilines is 1. The zero-order valence-electron chi connectivity index (χ0n) is 23.6. The van der Waals surface area contributed by atoms with E-state index in [1.54, 1.807) is 30.3 Å². The van der Waals surface area contributed by atoms with Crippen LogP contribution < -0.4 is 20.1 Å². The van der Waals surface area contributed by atoms with E-state index < -0.39 is 44.0 Å². The minimum Gasteiger partial charge on any atom is -0.497 e. The maximum atomic E-state index is 13.7. The van der Waals surface area contributed by atoms with Gasteiger partial charge in [-0.15, -0.1) is 0 Å². The van der Waals surface area contributed by atoms with Gasteiger partial charge in [0.2, 0.25) is 5.91 Å². The van der Waals surface area contributed by atoms with Crippen molar-refractivity contribution >= 4 is 27.3 Å². The van der Waals surface area contributed by atoms with Crippen LogP contribution in [0.25, 0.3) is 11.1 Å². The van der Waals surface area contributed by atoms with Gasteiger partial charge in [-0.2, -0.15) is 18.4 Å². The van der Waals surface area contributed by atoms with Crippen LogP contribution in [0.1, 0.15) is 35.2 Å². The first-order valence-electron chi connectivity index (χ1n) is 13.7. The van der Waals surface area contributed by atoms with Gasteiger partial charge in [0.15, 0.2) is 0 Å². The highest BCUT2D eigenvalue weighted by Gasteiger charge is 2.52. The summed E-state index contributed by atoms with van der Waals surface area (Å²) in [7, 11) is -2.70. The number of ether oxygens (including phenoxy) is 2. The lowest BCUT2D eigenvalue weighted by molar-refractivity contribution is -0.122. The average Bonchev–Trinajstić information content (AvgIpc) is 3.62. The van der Waals surface area contributed by atoms with Crippen LogP contribution in [0.4, 0.5) is 18.9 Å². The van der Waals surface area contributed by atoms with E-state index >= 15 is 0 Å². The molecule has 0 radical (unpaired) electrons. The second-order valence-electron chi connectivity index (χ2n) is 10.8. The highest BCUT2D eigenvalue weighted by atomic mass is 32.2. The van der Waals surface area contributed by atoms with E-state index in [9.17, 15) is 36.4 Å². The molecule has 2 aliphatic rings. The lowest BCUT2D eigenvalue weighted by Crippen LogP contribution is -2.48. The maximum Gasteiger partial charge on any atom is 0.501 e. The van der Waals surface area contributed by atoms with E-state index in [1.165, 1.54) is 26.4 Å². The van der Waals surface area contributed by atoms with Gasteiger partial charge in [0, 0.05) is 17.3 Å². The van der Waals surface area contributed by atoms with Crippen molar-refractivity contribution in [3.8, 4) is 28.7 Å². The van der Waals surface area contributed by atoms with Gasteiger partial charge in [-0.25, -0.2) is 8.42 Å². The second-order valence-corrected chi connectivity index (χ2v) is 12.7. The molecule has 3 aromatic rings. The molecule has 0 spiro atoms. The molecule has 0 unspecified atom stereocenters. The number of nitrogens with one attached hydrogen (secondary N) is 2. The number of sulfone groups is 1. The first-order chi connectivity index (χ1) is 20.9. The highest BCUT2D eigenvalue weighted by Crippen LogP contribution is 2.49. The fraction of sp³-hybridized carbons (Fsp3) is 0.323. The maximum absolute atomic E-state index is 13.7. The third-order valence-corrected chi connectivity index (χ3v) is 9.82. The number of hydrogen-bond donors (Lipinski definition) is 2. The number of fused-ring (bicyclic) bond motifs is 2. The molecule has 230 valence electrons. The van der Waals surface area contributed by atoms with Crippen LogP contribution in [0.15, 0.2) is 65.6 Å². The van der Waals surface area contributed by atoms with Gasteiger partial charge in [0.1, 0.15) is 11.5 Å². The Morgan fingerprint density at radius 1 is 0.977 bits per heavy atom. The summed E-state index contributed by atoms with van der Waals surface area (Å²) < 4.78 is 73.6. The number of rotatable bonds is 8. The van der Waals surface area contributed by atoms with Crippen molar-refractivity contribution in [2.75, 3.05) is 19.5 Å². The smallest absolute Gasteiger partial charge is 0.497 e. The van der Waals surface area contributed by atoms with Crippen LogP contribution in [0.3, 0.4) is 0 Å². The van der Waals surface area contributed by atoms with Crippen molar-refractivity contribution in [2.24, 2.45) is 17.8 Å². The fourth-order valence-corrected chi connectivity index (χ4v) is 7.04. The Kier molecular flexibility index (Phi) is 8.31. The topological polar surface area (TPSA) is 135 Å². The summed E-state index contributed by atoms with van der Waals surface area (Å²) in [6, 6.07) is 15.5. The van der Waals surface area contributed by atoms with E-state index in [0.717, 1.165) is 31.0 Å². The molecule has 2 bridgehead atoms. The summed E-state index contributed by atoms with van der Waals surface area (Å²) in [5.74, 6) is -1.06. The number of hydrogen-bond acceptors (Lipinski definition) is 7. The molecule has 4 atom stereocenters. The molecular weight excluding hydrogens is 599 g/mol. The van der Waals surface area contributed by atoms with Crippen LogP contribution >= 0.6 is 0 Å². The molecule has 2 fully saturated rings. The Balaban J connectivity index is 1.41. The highest BCUT2D eigenvalue weighted by molar-refractivity contribution is 7.92. The van der Waals surface area contributed by atoms with Crippen molar-refractivity contribution < 1.29 is 40.7 Å². The molecule has 0 aliphatic heterocycles. The largest absolute Gasteiger partial charge is 0.501 e. The van der Waals surface area contributed by atoms with Gasteiger partial charge in [0.05, 0.1) is 42.2 Å². The van der Waals surface area contributed by atoms with Crippen molar-refractivity contribution in [3.63, 3.8) is 0 Å². The predicted octanol–water partition coefficient (Wildman–Crippen LogP) is 5.32. The van der Waals surface area contributed by atoms with E-state index in [2.05, 4.69) is 16.7 Å². The van der Waals surface area contributed by atoms with Crippen LogP contribution in [0.2, 0.25) is 0 Å². The van der Waals surface area contributed by atoms with Crippen molar-refractivity contribution in [2.45, 2.75) is 35.7 Å². The molecule has 9 nitrogen and oxygen atoms in total. The molecule has 2 aliphatic carbocycles. The molecule has 13 heteroatoms. The third kappa shape index (κ3) is 5.69. The average molecular weight is 628 g/mol. The van der Waals surface area contributed by atoms with Crippen molar-refractivity contribution in [1.82, 2.24) is 5.32 Å². The predicted molar refractivity (Wildman–Crippen MR) is 154 cm³/mol. The zero-order valence-corrected chi connectivity index (χ0v) is 24.5. The standard InChI is InChI=1S/C31H28F3N3O6S/c1-42-22-10-8-17(9-11-22)24-15-25(26(43-2)13-20(24)16-35)29(38)37-28-19-7-6-18(12-19)27(28)30(39)36-21-4-3-5-23(14-21)44(40,41)31(32,33)34/h3-5,8-11,13-15,18-19,27-28H,6-7,12H2,1-2H3,(H,36,39)(H,37,38)/t18-,19+,27+,28-/m1/s1. The Morgan fingerprint density at radius 3 is 2.32 bits per heavy atom. The molecule has 0 heterocycles. The van der Waals surface area contributed by atoms with Gasteiger partial charge in [-0.1, -0.05) is 18.2 Å². The zero-order chi connectivity index (χ0) is 31.8. The molecule has 44 heavy (non-hydrogen) atoms. The molecule has 5 rings (SSSR count). The number of carbonyl (C=O) groups excluding carboxylic acids is 2. The first-order valence-corrected chi connectivity index (χ1v) is 15.2. The number of carbonyl (C=O) groups is 2. The Bertz CT molecular complexity index is 1750. The monoisotopic (exact) mass is 627 g/mol. The minimum absolute atomic E-state index is 0.0120. The molecule has 2 saturated carbocycles. The molecule has 0 saturated heterocycles.